The average molecular weight is 255 g/mol. The smallest absolute Gasteiger partial charge is 0.223 e. The van der Waals surface area contributed by atoms with Gasteiger partial charge >= 0.3 is 0 Å². The number of carbonyl (C=O) groups is 1. The van der Waals surface area contributed by atoms with E-state index in [1.54, 1.807) is 12.1 Å². The highest BCUT2D eigenvalue weighted by molar-refractivity contribution is 5.76. The van der Waals surface area contributed by atoms with Gasteiger partial charge in [-0.1, -0.05) is 13.0 Å². The molecule has 100 valence electrons. The second kappa shape index (κ2) is 7.66. The standard InChI is InChI=1S/C13H18FNO3/c1-2-11(9-16)15-13(17)6-7-18-12-5-3-4-10(14)8-12/h3-5,8,11,16H,2,6-7,9H2,1H3,(H,15,17)/t11-/m0/s1. The molecule has 0 saturated heterocycles. The number of carbonyl (C=O) groups excluding carboxylic acids is 1. The van der Waals surface area contributed by atoms with Crippen LogP contribution in [-0.4, -0.2) is 30.3 Å². The Hall–Kier alpha value is -1.62. The highest BCUT2D eigenvalue weighted by atomic mass is 19.1. The third-order valence-electron chi connectivity index (χ3n) is 2.47. The summed E-state index contributed by atoms with van der Waals surface area (Å²) in [7, 11) is 0. The van der Waals surface area contributed by atoms with Crippen molar-refractivity contribution in [3.05, 3.63) is 30.1 Å². The van der Waals surface area contributed by atoms with Crippen molar-refractivity contribution in [3.8, 4) is 5.75 Å². The van der Waals surface area contributed by atoms with Crippen molar-refractivity contribution in [1.82, 2.24) is 5.32 Å². The van der Waals surface area contributed by atoms with Gasteiger partial charge in [-0.3, -0.25) is 4.79 Å². The summed E-state index contributed by atoms with van der Waals surface area (Å²) in [5.41, 5.74) is 0. The fourth-order valence-corrected chi connectivity index (χ4v) is 1.40. The first-order valence-electron chi connectivity index (χ1n) is 5.94. The molecular weight excluding hydrogens is 237 g/mol. The van der Waals surface area contributed by atoms with E-state index in [1.807, 2.05) is 6.92 Å². The summed E-state index contributed by atoms with van der Waals surface area (Å²) in [6, 6.07) is 5.55. The Morgan fingerprint density at radius 1 is 1.56 bits per heavy atom. The Bertz CT molecular complexity index is 380. The molecule has 1 amide bonds. The van der Waals surface area contributed by atoms with Gasteiger partial charge in [0.15, 0.2) is 0 Å². The van der Waals surface area contributed by atoms with Gasteiger partial charge in [0.2, 0.25) is 5.91 Å². The van der Waals surface area contributed by atoms with Gasteiger partial charge in [0, 0.05) is 6.07 Å². The van der Waals surface area contributed by atoms with E-state index in [9.17, 15) is 9.18 Å². The van der Waals surface area contributed by atoms with Gasteiger partial charge in [-0.25, -0.2) is 4.39 Å². The van der Waals surface area contributed by atoms with Crippen molar-refractivity contribution in [3.63, 3.8) is 0 Å². The predicted molar refractivity (Wildman–Crippen MR) is 65.8 cm³/mol. The topological polar surface area (TPSA) is 58.6 Å². The number of amides is 1. The fraction of sp³-hybridized carbons (Fsp3) is 0.462. The molecule has 4 nitrogen and oxygen atoms in total. The second-order valence-corrected chi connectivity index (χ2v) is 3.91. The highest BCUT2D eigenvalue weighted by Gasteiger charge is 2.08. The molecule has 5 heteroatoms. The van der Waals surface area contributed by atoms with Crippen molar-refractivity contribution in [1.29, 1.82) is 0 Å². The first-order valence-corrected chi connectivity index (χ1v) is 5.94. The van der Waals surface area contributed by atoms with E-state index in [-0.39, 0.29) is 37.4 Å². The van der Waals surface area contributed by atoms with Gasteiger partial charge < -0.3 is 15.2 Å². The highest BCUT2D eigenvalue weighted by Crippen LogP contribution is 2.11. The summed E-state index contributed by atoms with van der Waals surface area (Å²) in [5.74, 6) is -0.160. The van der Waals surface area contributed by atoms with Crippen LogP contribution in [0.1, 0.15) is 19.8 Å². The normalized spacial score (nSPS) is 11.9. The van der Waals surface area contributed by atoms with Crippen LogP contribution in [0.4, 0.5) is 4.39 Å². The van der Waals surface area contributed by atoms with Gasteiger partial charge in [0.05, 0.1) is 25.7 Å². The average Bonchev–Trinajstić information content (AvgIpc) is 2.36. The summed E-state index contributed by atoms with van der Waals surface area (Å²) >= 11 is 0. The molecule has 0 unspecified atom stereocenters. The van der Waals surface area contributed by atoms with E-state index in [4.69, 9.17) is 9.84 Å². The molecule has 0 saturated carbocycles. The molecule has 0 aromatic heterocycles. The lowest BCUT2D eigenvalue weighted by Gasteiger charge is -2.14. The van der Waals surface area contributed by atoms with E-state index in [2.05, 4.69) is 5.32 Å². The number of aliphatic hydroxyl groups is 1. The number of hydrogen-bond acceptors (Lipinski definition) is 3. The number of nitrogens with one attached hydrogen (secondary N) is 1. The molecule has 0 heterocycles. The Labute approximate surface area is 106 Å². The zero-order valence-electron chi connectivity index (χ0n) is 10.4. The monoisotopic (exact) mass is 255 g/mol. The molecule has 0 spiro atoms. The largest absolute Gasteiger partial charge is 0.493 e. The SMILES string of the molecule is CC[C@@H](CO)NC(=O)CCOc1cccc(F)c1. The van der Waals surface area contributed by atoms with Crippen LogP contribution in [0.3, 0.4) is 0 Å². The summed E-state index contributed by atoms with van der Waals surface area (Å²) in [4.78, 5) is 11.5. The van der Waals surface area contributed by atoms with E-state index in [0.29, 0.717) is 12.2 Å². The van der Waals surface area contributed by atoms with E-state index >= 15 is 0 Å². The molecule has 0 aliphatic heterocycles. The summed E-state index contributed by atoms with van der Waals surface area (Å²) in [5, 5.41) is 11.6. The maximum Gasteiger partial charge on any atom is 0.223 e. The van der Waals surface area contributed by atoms with Crippen LogP contribution in [-0.2, 0) is 4.79 Å². The molecule has 1 rings (SSSR count). The van der Waals surface area contributed by atoms with Crippen molar-refractivity contribution in [2.45, 2.75) is 25.8 Å². The lowest BCUT2D eigenvalue weighted by atomic mass is 10.2. The van der Waals surface area contributed by atoms with Crippen LogP contribution in [0, 0.1) is 5.82 Å². The molecule has 0 fully saturated rings. The first-order chi connectivity index (χ1) is 8.65. The zero-order valence-corrected chi connectivity index (χ0v) is 10.4. The van der Waals surface area contributed by atoms with Gasteiger partial charge in [0.25, 0.3) is 0 Å². The van der Waals surface area contributed by atoms with Gasteiger partial charge in [-0.2, -0.15) is 0 Å². The van der Waals surface area contributed by atoms with Crippen LogP contribution >= 0.6 is 0 Å². The van der Waals surface area contributed by atoms with Crippen LogP contribution in [0.25, 0.3) is 0 Å². The number of aliphatic hydroxyl groups excluding tert-OH is 1. The summed E-state index contributed by atoms with van der Waals surface area (Å²) in [6.07, 6.45) is 0.847. The van der Waals surface area contributed by atoms with E-state index in [0.717, 1.165) is 0 Å². The maximum absolute atomic E-state index is 12.8. The minimum Gasteiger partial charge on any atom is -0.493 e. The molecule has 0 radical (unpaired) electrons. The summed E-state index contributed by atoms with van der Waals surface area (Å²) < 4.78 is 18.1. The van der Waals surface area contributed by atoms with Crippen molar-refractivity contribution in [2.75, 3.05) is 13.2 Å². The lowest BCUT2D eigenvalue weighted by Crippen LogP contribution is -2.37. The molecule has 1 aromatic carbocycles. The molecule has 18 heavy (non-hydrogen) atoms. The first kappa shape index (κ1) is 14.4. The Kier molecular flexibility index (Phi) is 6.14. The third-order valence-corrected chi connectivity index (χ3v) is 2.47. The molecule has 0 bridgehead atoms. The van der Waals surface area contributed by atoms with Crippen molar-refractivity contribution < 1.29 is 19.0 Å². The van der Waals surface area contributed by atoms with Crippen molar-refractivity contribution >= 4 is 5.91 Å². The Morgan fingerprint density at radius 2 is 2.33 bits per heavy atom. The predicted octanol–water partition coefficient (Wildman–Crippen LogP) is 1.48. The van der Waals surface area contributed by atoms with Gasteiger partial charge in [-0.15, -0.1) is 0 Å². The maximum atomic E-state index is 12.8. The number of rotatable bonds is 7. The Balaban J connectivity index is 2.27. The lowest BCUT2D eigenvalue weighted by molar-refractivity contribution is -0.122. The van der Waals surface area contributed by atoms with Gasteiger partial charge in [-0.05, 0) is 18.6 Å². The molecule has 0 aliphatic rings. The van der Waals surface area contributed by atoms with Gasteiger partial charge in [0.1, 0.15) is 11.6 Å². The zero-order chi connectivity index (χ0) is 13.4. The summed E-state index contributed by atoms with van der Waals surface area (Å²) in [6.45, 7) is 1.98. The fourth-order valence-electron chi connectivity index (χ4n) is 1.40. The minimum absolute atomic E-state index is 0.0764. The molecule has 0 aliphatic carbocycles. The number of benzene rings is 1. The van der Waals surface area contributed by atoms with Crippen molar-refractivity contribution in [2.24, 2.45) is 0 Å². The minimum atomic E-state index is -0.372. The van der Waals surface area contributed by atoms with E-state index in [1.165, 1.54) is 12.1 Å². The van der Waals surface area contributed by atoms with Crippen LogP contribution in [0.5, 0.6) is 5.75 Å². The third kappa shape index (κ3) is 5.14. The quantitative estimate of drug-likeness (QED) is 0.776. The van der Waals surface area contributed by atoms with Crippen LogP contribution in [0.2, 0.25) is 0 Å². The Morgan fingerprint density at radius 3 is 2.94 bits per heavy atom. The second-order valence-electron chi connectivity index (χ2n) is 3.91. The van der Waals surface area contributed by atoms with Crippen LogP contribution in [0.15, 0.2) is 24.3 Å². The number of halogens is 1. The molecular formula is C13H18FNO3. The number of hydrogen-bond donors (Lipinski definition) is 2. The molecule has 2 N–H and O–H groups in total. The number of ether oxygens (including phenoxy) is 1. The molecule has 1 atom stereocenters. The molecule has 1 aromatic rings. The van der Waals surface area contributed by atoms with Crippen LogP contribution < -0.4 is 10.1 Å². The van der Waals surface area contributed by atoms with E-state index < -0.39 is 0 Å².